The summed E-state index contributed by atoms with van der Waals surface area (Å²) in [5, 5.41) is 0. The molecule has 2 aromatic rings. The molecule has 0 amide bonds. The lowest BCUT2D eigenvalue weighted by molar-refractivity contribution is 0.813. The van der Waals surface area contributed by atoms with Crippen molar-refractivity contribution in [2.45, 2.75) is 6.42 Å². The second-order valence-corrected chi connectivity index (χ2v) is 5.39. The van der Waals surface area contributed by atoms with Crippen LogP contribution in [0.15, 0.2) is 53.3 Å². The van der Waals surface area contributed by atoms with Gasteiger partial charge in [0, 0.05) is 30.0 Å². The van der Waals surface area contributed by atoms with E-state index in [0.717, 1.165) is 35.5 Å². The van der Waals surface area contributed by atoms with Crippen LogP contribution in [0.1, 0.15) is 12.1 Å². The minimum atomic E-state index is 0.889. The summed E-state index contributed by atoms with van der Waals surface area (Å²) >= 11 is 3.41. The zero-order valence-electron chi connectivity index (χ0n) is 10.5. The maximum absolute atomic E-state index is 4.43. The van der Waals surface area contributed by atoms with Crippen molar-refractivity contribution in [3.63, 3.8) is 0 Å². The standard InChI is InChI=1S/C15H14BrN3/c16-13-4-5-15(18-11-13)19-9-6-12(7-10-19)14-3-1-2-8-17-14/h1-6,8,11H,7,9-10H2. The first-order chi connectivity index (χ1) is 9.33. The minimum absolute atomic E-state index is 0.889. The van der Waals surface area contributed by atoms with Gasteiger partial charge in [0.15, 0.2) is 0 Å². The first-order valence-corrected chi connectivity index (χ1v) is 7.09. The molecule has 1 aliphatic rings. The molecular formula is C15H14BrN3. The molecule has 4 heteroatoms. The zero-order valence-corrected chi connectivity index (χ0v) is 12.0. The summed E-state index contributed by atoms with van der Waals surface area (Å²) in [5.74, 6) is 1.03. The lowest BCUT2D eigenvalue weighted by Crippen LogP contribution is -2.29. The smallest absolute Gasteiger partial charge is 0.128 e. The molecular weight excluding hydrogens is 302 g/mol. The van der Waals surface area contributed by atoms with Crippen molar-refractivity contribution in [3.05, 3.63) is 59.0 Å². The van der Waals surface area contributed by atoms with Crippen LogP contribution in [0.2, 0.25) is 0 Å². The van der Waals surface area contributed by atoms with Gasteiger partial charge in [-0.1, -0.05) is 12.1 Å². The Morgan fingerprint density at radius 3 is 2.68 bits per heavy atom. The van der Waals surface area contributed by atoms with E-state index in [-0.39, 0.29) is 0 Å². The van der Waals surface area contributed by atoms with E-state index in [1.165, 1.54) is 5.57 Å². The molecule has 1 aliphatic heterocycles. The normalized spacial score (nSPS) is 15.2. The molecule has 3 nitrogen and oxygen atoms in total. The minimum Gasteiger partial charge on any atom is -0.353 e. The summed E-state index contributed by atoms with van der Waals surface area (Å²) < 4.78 is 1.01. The Balaban J connectivity index is 1.75. The predicted molar refractivity (Wildman–Crippen MR) is 81.0 cm³/mol. The van der Waals surface area contributed by atoms with Crippen LogP contribution in [0.4, 0.5) is 5.82 Å². The summed E-state index contributed by atoms with van der Waals surface area (Å²) in [5.41, 5.74) is 2.42. The average Bonchev–Trinajstić information content (AvgIpc) is 2.49. The van der Waals surface area contributed by atoms with Gasteiger partial charge >= 0.3 is 0 Å². The Morgan fingerprint density at radius 1 is 1.11 bits per heavy atom. The molecule has 0 aliphatic carbocycles. The van der Waals surface area contributed by atoms with E-state index in [2.05, 4.69) is 42.9 Å². The summed E-state index contributed by atoms with van der Waals surface area (Å²) in [7, 11) is 0. The molecule has 3 heterocycles. The number of pyridine rings is 2. The molecule has 0 atom stereocenters. The lowest BCUT2D eigenvalue weighted by atomic mass is 10.0. The molecule has 0 unspecified atom stereocenters. The molecule has 0 saturated carbocycles. The third kappa shape index (κ3) is 2.84. The van der Waals surface area contributed by atoms with Crippen molar-refractivity contribution in [3.8, 4) is 0 Å². The van der Waals surface area contributed by atoms with Crippen molar-refractivity contribution in [1.82, 2.24) is 9.97 Å². The van der Waals surface area contributed by atoms with Crippen LogP contribution in [0.25, 0.3) is 5.57 Å². The maximum Gasteiger partial charge on any atom is 0.128 e. The Labute approximate surface area is 121 Å². The van der Waals surface area contributed by atoms with Crippen molar-refractivity contribution in [2.75, 3.05) is 18.0 Å². The SMILES string of the molecule is Brc1ccc(N2CC=C(c3ccccn3)CC2)nc1. The van der Waals surface area contributed by atoms with Crippen LogP contribution in [-0.4, -0.2) is 23.1 Å². The molecule has 0 aromatic carbocycles. The fourth-order valence-corrected chi connectivity index (χ4v) is 2.45. The van der Waals surface area contributed by atoms with Gasteiger partial charge in [0.05, 0.1) is 5.69 Å². The number of hydrogen-bond donors (Lipinski definition) is 0. The van der Waals surface area contributed by atoms with Crippen molar-refractivity contribution < 1.29 is 0 Å². The van der Waals surface area contributed by atoms with Crippen LogP contribution < -0.4 is 4.90 Å². The highest BCUT2D eigenvalue weighted by Gasteiger charge is 2.14. The Kier molecular flexibility index (Phi) is 3.60. The number of halogens is 1. The molecule has 3 rings (SSSR count). The van der Waals surface area contributed by atoms with E-state index in [1.807, 2.05) is 36.7 Å². The quantitative estimate of drug-likeness (QED) is 0.849. The fraction of sp³-hybridized carbons (Fsp3) is 0.200. The van der Waals surface area contributed by atoms with Gasteiger partial charge in [-0.25, -0.2) is 4.98 Å². The van der Waals surface area contributed by atoms with Gasteiger partial charge < -0.3 is 4.90 Å². The van der Waals surface area contributed by atoms with E-state index in [9.17, 15) is 0 Å². The second kappa shape index (κ2) is 5.53. The van der Waals surface area contributed by atoms with Crippen molar-refractivity contribution in [2.24, 2.45) is 0 Å². The van der Waals surface area contributed by atoms with Gasteiger partial charge in [-0.15, -0.1) is 0 Å². The topological polar surface area (TPSA) is 29.0 Å². The van der Waals surface area contributed by atoms with Crippen molar-refractivity contribution in [1.29, 1.82) is 0 Å². The molecule has 0 bridgehead atoms. The van der Waals surface area contributed by atoms with E-state index in [0.29, 0.717) is 0 Å². The molecule has 0 radical (unpaired) electrons. The van der Waals surface area contributed by atoms with Crippen LogP contribution in [0.3, 0.4) is 0 Å². The van der Waals surface area contributed by atoms with Gasteiger partial charge in [0.1, 0.15) is 5.82 Å². The first kappa shape index (κ1) is 12.4. The number of rotatable bonds is 2. The lowest BCUT2D eigenvalue weighted by Gasteiger charge is -2.27. The third-order valence-corrected chi connectivity index (χ3v) is 3.71. The van der Waals surface area contributed by atoms with E-state index in [1.54, 1.807) is 0 Å². The van der Waals surface area contributed by atoms with Gasteiger partial charge in [-0.2, -0.15) is 0 Å². The van der Waals surface area contributed by atoms with E-state index < -0.39 is 0 Å². The monoisotopic (exact) mass is 315 g/mol. The summed E-state index contributed by atoms with van der Waals surface area (Å²) in [6.45, 7) is 1.87. The first-order valence-electron chi connectivity index (χ1n) is 6.30. The highest BCUT2D eigenvalue weighted by atomic mass is 79.9. The number of hydrogen-bond acceptors (Lipinski definition) is 3. The molecule has 0 spiro atoms. The summed E-state index contributed by atoms with van der Waals surface area (Å²) in [6.07, 6.45) is 6.94. The van der Waals surface area contributed by atoms with Gasteiger partial charge in [-0.3, -0.25) is 4.98 Å². The molecule has 0 N–H and O–H groups in total. The number of aromatic nitrogens is 2. The Hall–Kier alpha value is -1.68. The van der Waals surface area contributed by atoms with E-state index >= 15 is 0 Å². The number of nitrogens with zero attached hydrogens (tertiary/aromatic N) is 3. The molecule has 19 heavy (non-hydrogen) atoms. The highest BCUT2D eigenvalue weighted by molar-refractivity contribution is 9.10. The largest absolute Gasteiger partial charge is 0.353 e. The molecule has 96 valence electrons. The van der Waals surface area contributed by atoms with E-state index in [4.69, 9.17) is 0 Å². The highest BCUT2D eigenvalue weighted by Crippen LogP contribution is 2.23. The number of anilines is 1. The average molecular weight is 316 g/mol. The van der Waals surface area contributed by atoms with Gasteiger partial charge in [0.25, 0.3) is 0 Å². The van der Waals surface area contributed by atoms with Gasteiger partial charge in [-0.05, 0) is 52.2 Å². The van der Waals surface area contributed by atoms with Crippen molar-refractivity contribution >= 4 is 27.3 Å². The Morgan fingerprint density at radius 2 is 2.05 bits per heavy atom. The maximum atomic E-state index is 4.43. The summed E-state index contributed by atoms with van der Waals surface area (Å²) in [6, 6.07) is 10.1. The van der Waals surface area contributed by atoms with Crippen LogP contribution in [0.5, 0.6) is 0 Å². The van der Waals surface area contributed by atoms with Crippen LogP contribution in [-0.2, 0) is 0 Å². The molecule has 2 aromatic heterocycles. The zero-order chi connectivity index (χ0) is 13.1. The molecule has 0 fully saturated rings. The van der Waals surface area contributed by atoms with Crippen LogP contribution in [0, 0.1) is 0 Å². The predicted octanol–water partition coefficient (Wildman–Crippen LogP) is 3.53. The summed E-state index contributed by atoms with van der Waals surface area (Å²) in [4.78, 5) is 11.1. The van der Waals surface area contributed by atoms with Crippen LogP contribution >= 0.6 is 15.9 Å². The van der Waals surface area contributed by atoms with Gasteiger partial charge in [0.2, 0.25) is 0 Å². The molecule has 0 saturated heterocycles. The Bertz CT molecular complexity index is 578. The third-order valence-electron chi connectivity index (χ3n) is 3.24. The fourth-order valence-electron chi connectivity index (χ4n) is 2.22. The second-order valence-electron chi connectivity index (χ2n) is 4.47.